The largest absolute Gasteiger partial charge is 0.323 e. The molecule has 1 aromatic heterocycles. The van der Waals surface area contributed by atoms with E-state index in [9.17, 15) is 4.39 Å². The molecule has 0 aliphatic rings. The zero-order valence-corrected chi connectivity index (χ0v) is 10.7. The van der Waals surface area contributed by atoms with E-state index >= 15 is 0 Å². The molecule has 1 heterocycles. The Kier molecular flexibility index (Phi) is 2.97. The maximum Gasteiger partial charge on any atom is 0.124 e. The Balaban J connectivity index is 2.08. The van der Waals surface area contributed by atoms with Crippen molar-refractivity contribution in [2.45, 2.75) is 0 Å². The van der Waals surface area contributed by atoms with Gasteiger partial charge in [-0.1, -0.05) is 6.07 Å². The molecule has 0 aliphatic heterocycles. The van der Waals surface area contributed by atoms with E-state index < -0.39 is 0 Å². The quantitative estimate of drug-likeness (QED) is 0.441. The van der Waals surface area contributed by atoms with Crippen LogP contribution in [0.15, 0.2) is 47.6 Å². The summed E-state index contributed by atoms with van der Waals surface area (Å²) in [4.78, 5) is 4.53. The minimum absolute atomic E-state index is 0.244. The van der Waals surface area contributed by atoms with E-state index in [1.807, 2.05) is 18.2 Å². The molecule has 2 N–H and O–H groups in total. The molecule has 5 heteroatoms. The second kappa shape index (κ2) is 4.78. The Morgan fingerprint density at radius 1 is 1.16 bits per heavy atom. The molecule has 0 saturated carbocycles. The monoisotopic (exact) mass is 271 g/mol. The summed E-state index contributed by atoms with van der Waals surface area (Å²) >= 11 is 1.56. The molecular weight excluding hydrogens is 261 g/mol. The van der Waals surface area contributed by atoms with Crippen LogP contribution in [0.3, 0.4) is 0 Å². The molecule has 0 bridgehead atoms. The first-order chi connectivity index (χ1) is 9.26. The zero-order valence-electron chi connectivity index (χ0n) is 9.88. The summed E-state index contributed by atoms with van der Waals surface area (Å²) < 4.78 is 14.0. The van der Waals surface area contributed by atoms with Crippen LogP contribution in [0.2, 0.25) is 0 Å². The van der Waals surface area contributed by atoms with Crippen LogP contribution in [0.5, 0.6) is 0 Å². The summed E-state index contributed by atoms with van der Waals surface area (Å²) in [6, 6.07) is 12.2. The highest BCUT2D eigenvalue weighted by Crippen LogP contribution is 2.30. The first-order valence-corrected chi connectivity index (χ1v) is 6.48. The van der Waals surface area contributed by atoms with Crippen LogP contribution in [0.25, 0.3) is 20.8 Å². The Morgan fingerprint density at radius 3 is 2.68 bits per heavy atom. The van der Waals surface area contributed by atoms with Gasteiger partial charge in [0.05, 0.1) is 16.4 Å². The lowest BCUT2D eigenvalue weighted by molar-refractivity contribution is 0.628. The molecule has 0 unspecified atom stereocenters. The number of aromatic nitrogens is 1. The van der Waals surface area contributed by atoms with Gasteiger partial charge in [0.15, 0.2) is 0 Å². The zero-order chi connectivity index (χ0) is 13.2. The van der Waals surface area contributed by atoms with Crippen LogP contribution in [0, 0.1) is 5.82 Å². The van der Waals surface area contributed by atoms with Crippen LogP contribution < -0.4 is 5.84 Å². The third kappa shape index (κ3) is 2.32. The second-order valence-corrected chi connectivity index (χ2v) is 5.06. The van der Waals surface area contributed by atoms with Gasteiger partial charge in [0.25, 0.3) is 0 Å². The van der Waals surface area contributed by atoms with Gasteiger partial charge in [0, 0.05) is 5.56 Å². The SMILES string of the molecule is NN=Cc1ccc2nc(-c3ccc(F)cc3)sc2c1. The van der Waals surface area contributed by atoms with Crippen molar-refractivity contribution in [3.63, 3.8) is 0 Å². The Hall–Kier alpha value is -2.27. The molecule has 2 aromatic carbocycles. The summed E-state index contributed by atoms with van der Waals surface area (Å²) in [6.07, 6.45) is 1.59. The third-order valence-electron chi connectivity index (χ3n) is 2.73. The number of halogens is 1. The first kappa shape index (κ1) is 11.8. The average Bonchev–Trinajstić information content (AvgIpc) is 2.83. The molecule has 0 radical (unpaired) electrons. The van der Waals surface area contributed by atoms with Crippen molar-refractivity contribution in [3.8, 4) is 10.6 Å². The smallest absolute Gasteiger partial charge is 0.124 e. The maximum absolute atomic E-state index is 12.9. The minimum atomic E-state index is -0.244. The molecule has 0 spiro atoms. The van der Waals surface area contributed by atoms with E-state index in [1.54, 1.807) is 29.7 Å². The van der Waals surface area contributed by atoms with E-state index in [2.05, 4.69) is 10.1 Å². The van der Waals surface area contributed by atoms with Crippen molar-refractivity contribution < 1.29 is 4.39 Å². The molecule has 3 nitrogen and oxygen atoms in total. The molecule has 94 valence electrons. The van der Waals surface area contributed by atoms with Crippen molar-refractivity contribution >= 4 is 27.8 Å². The first-order valence-electron chi connectivity index (χ1n) is 5.66. The van der Waals surface area contributed by atoms with Gasteiger partial charge in [0.1, 0.15) is 10.8 Å². The van der Waals surface area contributed by atoms with Gasteiger partial charge in [-0.2, -0.15) is 5.10 Å². The molecule has 3 rings (SSSR count). The van der Waals surface area contributed by atoms with Crippen molar-refractivity contribution in [2.75, 3.05) is 0 Å². The topological polar surface area (TPSA) is 51.3 Å². The third-order valence-corrected chi connectivity index (χ3v) is 3.79. The van der Waals surface area contributed by atoms with Gasteiger partial charge in [0.2, 0.25) is 0 Å². The highest BCUT2D eigenvalue weighted by atomic mass is 32.1. The van der Waals surface area contributed by atoms with Crippen LogP contribution in [0.4, 0.5) is 4.39 Å². The van der Waals surface area contributed by atoms with Crippen LogP contribution in [0.1, 0.15) is 5.56 Å². The lowest BCUT2D eigenvalue weighted by Crippen LogP contribution is -1.85. The van der Waals surface area contributed by atoms with Gasteiger partial charge in [-0.05, 0) is 42.0 Å². The number of thiazole rings is 1. The van der Waals surface area contributed by atoms with Gasteiger partial charge < -0.3 is 5.84 Å². The van der Waals surface area contributed by atoms with Crippen molar-refractivity contribution in [2.24, 2.45) is 10.9 Å². The standard InChI is InChI=1S/C14H10FN3S/c15-11-4-2-10(3-5-11)14-18-12-6-1-9(8-17-16)7-13(12)19-14/h1-8H,16H2. The number of hydrogen-bond acceptors (Lipinski definition) is 4. The fourth-order valence-corrected chi connectivity index (χ4v) is 2.84. The normalized spacial score (nSPS) is 11.4. The Bertz CT molecular complexity index is 747. The molecule has 3 aromatic rings. The molecular formula is C14H10FN3S. The Labute approximate surface area is 113 Å². The number of benzene rings is 2. The number of nitrogens with zero attached hydrogens (tertiary/aromatic N) is 2. The molecule has 0 atom stereocenters. The minimum Gasteiger partial charge on any atom is -0.323 e. The number of rotatable bonds is 2. The summed E-state index contributed by atoms with van der Waals surface area (Å²) in [5, 5.41) is 4.38. The molecule has 0 fully saturated rings. The van der Waals surface area contributed by atoms with Crippen molar-refractivity contribution in [1.82, 2.24) is 4.98 Å². The summed E-state index contributed by atoms with van der Waals surface area (Å²) in [7, 11) is 0. The van der Waals surface area contributed by atoms with Crippen molar-refractivity contribution in [1.29, 1.82) is 0 Å². The van der Waals surface area contributed by atoms with E-state index in [4.69, 9.17) is 5.84 Å². The van der Waals surface area contributed by atoms with E-state index in [-0.39, 0.29) is 5.82 Å². The van der Waals surface area contributed by atoms with Crippen LogP contribution in [-0.2, 0) is 0 Å². The lowest BCUT2D eigenvalue weighted by Gasteiger charge is -1.94. The highest BCUT2D eigenvalue weighted by Gasteiger charge is 2.06. The molecule has 0 saturated heterocycles. The van der Waals surface area contributed by atoms with Gasteiger partial charge >= 0.3 is 0 Å². The number of hydrogen-bond donors (Lipinski definition) is 1. The van der Waals surface area contributed by atoms with Crippen LogP contribution >= 0.6 is 11.3 Å². The maximum atomic E-state index is 12.9. The van der Waals surface area contributed by atoms with Gasteiger partial charge in [-0.15, -0.1) is 11.3 Å². The van der Waals surface area contributed by atoms with Crippen molar-refractivity contribution in [3.05, 3.63) is 53.8 Å². The van der Waals surface area contributed by atoms with E-state index in [0.717, 1.165) is 26.4 Å². The molecule has 0 amide bonds. The Morgan fingerprint density at radius 2 is 1.95 bits per heavy atom. The van der Waals surface area contributed by atoms with Gasteiger partial charge in [-0.3, -0.25) is 0 Å². The number of fused-ring (bicyclic) bond motifs is 1. The summed E-state index contributed by atoms with van der Waals surface area (Å²) in [5.74, 6) is 4.89. The fraction of sp³-hybridized carbons (Fsp3) is 0. The fourth-order valence-electron chi connectivity index (χ4n) is 1.82. The lowest BCUT2D eigenvalue weighted by atomic mass is 10.2. The summed E-state index contributed by atoms with van der Waals surface area (Å²) in [6.45, 7) is 0. The van der Waals surface area contributed by atoms with Crippen LogP contribution in [-0.4, -0.2) is 11.2 Å². The van der Waals surface area contributed by atoms with E-state index in [1.165, 1.54) is 12.1 Å². The predicted molar refractivity (Wildman–Crippen MR) is 76.8 cm³/mol. The highest BCUT2D eigenvalue weighted by molar-refractivity contribution is 7.21. The second-order valence-electron chi connectivity index (χ2n) is 4.03. The van der Waals surface area contributed by atoms with E-state index in [0.29, 0.717) is 0 Å². The summed E-state index contributed by atoms with van der Waals surface area (Å²) in [5.41, 5.74) is 2.76. The van der Waals surface area contributed by atoms with Gasteiger partial charge in [-0.25, -0.2) is 9.37 Å². The average molecular weight is 271 g/mol. The molecule has 19 heavy (non-hydrogen) atoms. The molecule has 0 aliphatic carbocycles. The number of hydrazone groups is 1. The number of nitrogens with two attached hydrogens (primary N) is 1. The predicted octanol–water partition coefficient (Wildman–Crippen LogP) is 3.40.